The maximum absolute atomic E-state index is 5.75. The monoisotopic (exact) mass is 223 g/mol. The quantitative estimate of drug-likeness (QED) is 0.784. The van der Waals surface area contributed by atoms with Crippen LogP contribution in [0.3, 0.4) is 0 Å². The van der Waals surface area contributed by atoms with Crippen molar-refractivity contribution in [1.29, 1.82) is 0 Å². The Labute approximate surface area is 94.3 Å². The number of halogens is 1. The summed E-state index contributed by atoms with van der Waals surface area (Å²) in [4.78, 5) is 8.04. The van der Waals surface area contributed by atoms with Gasteiger partial charge in [-0.3, -0.25) is 0 Å². The lowest BCUT2D eigenvalue weighted by Gasteiger charge is -2.23. The van der Waals surface area contributed by atoms with E-state index in [4.69, 9.17) is 11.6 Å². The fourth-order valence-electron chi connectivity index (χ4n) is 3.03. The normalized spacial score (nSPS) is 33.3. The van der Waals surface area contributed by atoms with Gasteiger partial charge in [-0.25, -0.2) is 9.97 Å². The molecule has 0 radical (unpaired) electrons. The van der Waals surface area contributed by atoms with Gasteiger partial charge in [0.25, 0.3) is 0 Å². The SMILES string of the molecule is Clc1nccc(NC2CC3CCC2C3)n1. The average molecular weight is 224 g/mol. The molecular weight excluding hydrogens is 210 g/mol. The average Bonchev–Trinajstić information content (AvgIpc) is 2.79. The molecule has 1 aromatic rings. The van der Waals surface area contributed by atoms with Crippen molar-refractivity contribution in [2.75, 3.05) is 5.32 Å². The first-order valence-corrected chi connectivity index (χ1v) is 5.94. The Kier molecular flexibility index (Phi) is 2.28. The van der Waals surface area contributed by atoms with Crippen LogP contribution in [0.4, 0.5) is 5.82 Å². The van der Waals surface area contributed by atoms with Crippen LogP contribution in [-0.4, -0.2) is 16.0 Å². The molecule has 0 spiro atoms. The molecule has 3 unspecified atom stereocenters. The van der Waals surface area contributed by atoms with E-state index in [0.29, 0.717) is 11.3 Å². The van der Waals surface area contributed by atoms with Crippen molar-refractivity contribution >= 4 is 17.4 Å². The van der Waals surface area contributed by atoms with Gasteiger partial charge in [-0.2, -0.15) is 0 Å². The van der Waals surface area contributed by atoms with Gasteiger partial charge in [0, 0.05) is 12.2 Å². The Morgan fingerprint density at radius 2 is 2.27 bits per heavy atom. The Hall–Kier alpha value is -0.830. The third kappa shape index (κ3) is 1.81. The first-order valence-electron chi connectivity index (χ1n) is 5.56. The second-order valence-electron chi connectivity index (χ2n) is 4.64. The van der Waals surface area contributed by atoms with E-state index >= 15 is 0 Å². The molecule has 2 bridgehead atoms. The molecule has 0 aromatic carbocycles. The first-order chi connectivity index (χ1) is 7.31. The fraction of sp³-hybridized carbons (Fsp3) is 0.636. The standard InChI is InChI=1S/C11H14ClN3/c12-11-13-4-3-10(15-11)14-9-6-7-1-2-8(9)5-7/h3-4,7-9H,1-2,5-6H2,(H,13,14,15). The zero-order valence-electron chi connectivity index (χ0n) is 8.49. The summed E-state index contributed by atoms with van der Waals surface area (Å²) in [5.74, 6) is 2.67. The summed E-state index contributed by atoms with van der Waals surface area (Å²) >= 11 is 5.75. The fourth-order valence-corrected chi connectivity index (χ4v) is 3.17. The lowest BCUT2D eigenvalue weighted by atomic mass is 9.95. The van der Waals surface area contributed by atoms with Crippen LogP contribution in [0.2, 0.25) is 5.28 Å². The minimum atomic E-state index is 0.322. The van der Waals surface area contributed by atoms with Crippen molar-refractivity contribution in [3.05, 3.63) is 17.5 Å². The maximum atomic E-state index is 5.75. The molecule has 0 saturated heterocycles. The van der Waals surface area contributed by atoms with Gasteiger partial charge in [-0.05, 0) is 48.8 Å². The minimum Gasteiger partial charge on any atom is -0.367 e. The van der Waals surface area contributed by atoms with E-state index in [1.54, 1.807) is 6.20 Å². The van der Waals surface area contributed by atoms with Crippen molar-refractivity contribution in [2.24, 2.45) is 11.8 Å². The number of hydrogen-bond acceptors (Lipinski definition) is 3. The number of rotatable bonds is 2. The highest BCUT2D eigenvalue weighted by molar-refractivity contribution is 6.28. The van der Waals surface area contributed by atoms with Crippen LogP contribution in [0, 0.1) is 11.8 Å². The molecule has 2 saturated carbocycles. The van der Waals surface area contributed by atoms with Crippen molar-refractivity contribution < 1.29 is 0 Å². The Morgan fingerprint density at radius 3 is 2.93 bits per heavy atom. The third-order valence-electron chi connectivity index (χ3n) is 3.70. The first kappa shape index (κ1) is 9.40. The van der Waals surface area contributed by atoms with E-state index in [9.17, 15) is 0 Å². The smallest absolute Gasteiger partial charge is 0.224 e. The van der Waals surface area contributed by atoms with Crippen LogP contribution in [0.25, 0.3) is 0 Å². The van der Waals surface area contributed by atoms with Crippen LogP contribution >= 0.6 is 11.6 Å². The molecule has 15 heavy (non-hydrogen) atoms. The summed E-state index contributed by atoms with van der Waals surface area (Å²) < 4.78 is 0. The van der Waals surface area contributed by atoms with Crippen molar-refractivity contribution in [3.63, 3.8) is 0 Å². The summed E-state index contributed by atoms with van der Waals surface area (Å²) in [5.41, 5.74) is 0. The van der Waals surface area contributed by atoms with Gasteiger partial charge in [0.2, 0.25) is 5.28 Å². The molecule has 1 heterocycles. The Morgan fingerprint density at radius 1 is 1.33 bits per heavy atom. The van der Waals surface area contributed by atoms with Gasteiger partial charge in [0.15, 0.2) is 0 Å². The van der Waals surface area contributed by atoms with Crippen LogP contribution in [-0.2, 0) is 0 Å². The molecule has 2 aliphatic carbocycles. The van der Waals surface area contributed by atoms with E-state index in [0.717, 1.165) is 17.7 Å². The molecule has 3 nitrogen and oxygen atoms in total. The molecule has 80 valence electrons. The number of nitrogens with zero attached hydrogens (tertiary/aromatic N) is 2. The van der Waals surface area contributed by atoms with E-state index in [2.05, 4.69) is 15.3 Å². The molecule has 2 fully saturated rings. The van der Waals surface area contributed by atoms with Gasteiger partial charge < -0.3 is 5.32 Å². The van der Waals surface area contributed by atoms with Gasteiger partial charge in [0.05, 0.1) is 0 Å². The number of hydrogen-bond donors (Lipinski definition) is 1. The molecule has 3 atom stereocenters. The Bertz CT molecular complexity index is 369. The van der Waals surface area contributed by atoms with Crippen molar-refractivity contribution in [3.8, 4) is 0 Å². The van der Waals surface area contributed by atoms with Gasteiger partial charge >= 0.3 is 0 Å². The molecule has 1 N–H and O–H groups in total. The third-order valence-corrected chi connectivity index (χ3v) is 3.88. The van der Waals surface area contributed by atoms with Crippen LogP contribution in [0.1, 0.15) is 25.7 Å². The molecular formula is C11H14ClN3. The molecule has 0 aliphatic heterocycles. The molecule has 4 heteroatoms. The summed E-state index contributed by atoms with van der Waals surface area (Å²) in [6, 6.07) is 2.49. The zero-order valence-corrected chi connectivity index (χ0v) is 9.24. The minimum absolute atomic E-state index is 0.322. The summed E-state index contributed by atoms with van der Waals surface area (Å²) in [5, 5.41) is 3.80. The van der Waals surface area contributed by atoms with E-state index in [1.807, 2.05) is 6.07 Å². The summed E-state index contributed by atoms with van der Waals surface area (Å²) in [6.45, 7) is 0. The van der Waals surface area contributed by atoms with Crippen molar-refractivity contribution in [1.82, 2.24) is 9.97 Å². The predicted octanol–water partition coefficient (Wildman–Crippen LogP) is 2.73. The zero-order chi connectivity index (χ0) is 10.3. The Balaban J connectivity index is 1.71. The second kappa shape index (κ2) is 3.63. The van der Waals surface area contributed by atoms with Gasteiger partial charge in [-0.1, -0.05) is 6.42 Å². The molecule has 2 aliphatic rings. The second-order valence-corrected chi connectivity index (χ2v) is 4.97. The maximum Gasteiger partial charge on any atom is 0.224 e. The number of anilines is 1. The van der Waals surface area contributed by atoms with E-state index in [1.165, 1.54) is 25.7 Å². The lowest BCUT2D eigenvalue weighted by Crippen LogP contribution is -2.26. The number of nitrogens with one attached hydrogen (secondary N) is 1. The van der Waals surface area contributed by atoms with Crippen molar-refractivity contribution in [2.45, 2.75) is 31.7 Å². The topological polar surface area (TPSA) is 37.8 Å². The number of aromatic nitrogens is 2. The highest BCUT2D eigenvalue weighted by atomic mass is 35.5. The summed E-state index contributed by atoms with van der Waals surface area (Å²) in [7, 11) is 0. The van der Waals surface area contributed by atoms with Gasteiger partial charge in [-0.15, -0.1) is 0 Å². The van der Waals surface area contributed by atoms with Crippen LogP contribution in [0.5, 0.6) is 0 Å². The highest BCUT2D eigenvalue weighted by Crippen LogP contribution is 2.45. The molecule has 1 aromatic heterocycles. The van der Waals surface area contributed by atoms with E-state index in [-0.39, 0.29) is 0 Å². The largest absolute Gasteiger partial charge is 0.367 e. The van der Waals surface area contributed by atoms with Gasteiger partial charge in [0.1, 0.15) is 5.82 Å². The van der Waals surface area contributed by atoms with E-state index < -0.39 is 0 Å². The molecule has 3 rings (SSSR count). The summed E-state index contributed by atoms with van der Waals surface area (Å²) in [6.07, 6.45) is 7.20. The number of fused-ring (bicyclic) bond motifs is 2. The highest BCUT2D eigenvalue weighted by Gasteiger charge is 2.39. The lowest BCUT2D eigenvalue weighted by molar-refractivity contribution is 0.439. The van der Waals surface area contributed by atoms with Crippen LogP contribution in [0.15, 0.2) is 12.3 Å². The predicted molar refractivity (Wildman–Crippen MR) is 59.9 cm³/mol. The van der Waals surface area contributed by atoms with Crippen LogP contribution < -0.4 is 5.32 Å². The molecule has 0 amide bonds.